The average molecular weight is 304 g/mol. The Morgan fingerprint density at radius 2 is 2.00 bits per heavy atom. The Morgan fingerprint density at radius 1 is 1.29 bits per heavy atom. The molecule has 0 aliphatic rings. The van der Waals surface area contributed by atoms with Gasteiger partial charge in [-0.25, -0.2) is 4.98 Å². The van der Waals surface area contributed by atoms with Crippen molar-refractivity contribution in [2.75, 3.05) is 11.1 Å². The van der Waals surface area contributed by atoms with Crippen LogP contribution in [-0.2, 0) is 0 Å². The summed E-state index contributed by atoms with van der Waals surface area (Å²) in [4.78, 5) is 16.6. The summed E-state index contributed by atoms with van der Waals surface area (Å²) in [7, 11) is 0. The van der Waals surface area contributed by atoms with E-state index in [1.54, 1.807) is 18.2 Å². The summed E-state index contributed by atoms with van der Waals surface area (Å²) in [5, 5.41) is 3.31. The molecule has 0 saturated carbocycles. The topological polar surface area (TPSA) is 68.0 Å². The molecule has 0 atom stereocenters. The second-order valence-electron chi connectivity index (χ2n) is 5.30. The Morgan fingerprint density at radius 3 is 2.67 bits per heavy atom. The van der Waals surface area contributed by atoms with Crippen molar-refractivity contribution in [2.45, 2.75) is 26.7 Å². The van der Waals surface area contributed by atoms with Crippen LogP contribution in [0.1, 0.15) is 41.4 Å². The number of pyridine rings is 1. The first-order valence-electron chi connectivity index (χ1n) is 6.72. The predicted octanol–water partition coefficient (Wildman–Crippen LogP) is 4.00. The number of nitrogen functional groups attached to an aromatic ring is 1. The van der Waals surface area contributed by atoms with E-state index < -0.39 is 0 Å². The molecule has 0 radical (unpaired) electrons. The summed E-state index contributed by atoms with van der Waals surface area (Å²) in [5.41, 5.74) is 8.63. The number of benzene rings is 1. The van der Waals surface area contributed by atoms with E-state index in [2.05, 4.69) is 10.3 Å². The van der Waals surface area contributed by atoms with Gasteiger partial charge in [0.1, 0.15) is 5.82 Å². The van der Waals surface area contributed by atoms with Crippen LogP contribution in [-0.4, -0.2) is 10.9 Å². The molecule has 2 aromatic rings. The van der Waals surface area contributed by atoms with Crippen LogP contribution < -0.4 is 11.1 Å². The number of hydrogen-bond acceptors (Lipinski definition) is 3. The lowest BCUT2D eigenvalue weighted by Crippen LogP contribution is -2.14. The van der Waals surface area contributed by atoms with Gasteiger partial charge in [0, 0.05) is 11.3 Å². The Bertz CT molecular complexity index is 683. The fourth-order valence-electron chi connectivity index (χ4n) is 1.93. The van der Waals surface area contributed by atoms with Crippen LogP contribution in [0.4, 0.5) is 11.5 Å². The minimum Gasteiger partial charge on any atom is -0.384 e. The molecule has 1 heterocycles. The van der Waals surface area contributed by atoms with Crippen LogP contribution in [0.15, 0.2) is 30.3 Å². The second-order valence-corrected chi connectivity index (χ2v) is 5.70. The van der Waals surface area contributed by atoms with Crippen LogP contribution in [0.5, 0.6) is 0 Å². The van der Waals surface area contributed by atoms with E-state index in [1.807, 2.05) is 32.9 Å². The smallest absolute Gasteiger partial charge is 0.255 e. The monoisotopic (exact) mass is 303 g/mol. The minimum atomic E-state index is -0.251. The first-order chi connectivity index (χ1) is 9.86. The number of anilines is 2. The number of nitrogens with one attached hydrogen (secondary N) is 1. The van der Waals surface area contributed by atoms with Crippen molar-refractivity contribution in [3.8, 4) is 0 Å². The molecule has 0 fully saturated rings. The molecule has 1 aromatic carbocycles. The van der Waals surface area contributed by atoms with Gasteiger partial charge < -0.3 is 11.1 Å². The number of amides is 1. The van der Waals surface area contributed by atoms with E-state index >= 15 is 0 Å². The summed E-state index contributed by atoms with van der Waals surface area (Å²) >= 11 is 6.09. The summed E-state index contributed by atoms with van der Waals surface area (Å²) in [6.45, 7) is 5.94. The fourth-order valence-corrected chi connectivity index (χ4v) is 2.09. The fraction of sp³-hybridized carbons (Fsp3) is 0.250. The van der Waals surface area contributed by atoms with Crippen LogP contribution in [0.2, 0.25) is 5.02 Å². The maximum Gasteiger partial charge on any atom is 0.255 e. The van der Waals surface area contributed by atoms with Gasteiger partial charge in [0.2, 0.25) is 0 Å². The molecule has 0 aliphatic heterocycles. The molecule has 2 rings (SSSR count). The molecular formula is C16H18ClN3O. The van der Waals surface area contributed by atoms with Gasteiger partial charge in [0.15, 0.2) is 0 Å². The van der Waals surface area contributed by atoms with Crippen molar-refractivity contribution in [1.82, 2.24) is 4.98 Å². The Balaban J connectivity index is 2.30. The van der Waals surface area contributed by atoms with Gasteiger partial charge in [0.05, 0.1) is 10.7 Å². The third kappa shape index (κ3) is 3.73. The third-order valence-electron chi connectivity index (χ3n) is 3.09. The summed E-state index contributed by atoms with van der Waals surface area (Å²) in [6, 6.07) is 8.78. The van der Waals surface area contributed by atoms with Crippen molar-refractivity contribution in [1.29, 1.82) is 0 Å². The van der Waals surface area contributed by atoms with E-state index in [0.29, 0.717) is 22.1 Å². The average Bonchev–Trinajstić information content (AvgIpc) is 2.42. The van der Waals surface area contributed by atoms with Crippen LogP contribution in [0.25, 0.3) is 0 Å². The van der Waals surface area contributed by atoms with Gasteiger partial charge in [-0.05, 0) is 42.7 Å². The number of halogens is 1. The van der Waals surface area contributed by atoms with Gasteiger partial charge in [0.25, 0.3) is 5.91 Å². The van der Waals surface area contributed by atoms with Crippen LogP contribution in [0, 0.1) is 6.92 Å². The Hall–Kier alpha value is -2.07. The summed E-state index contributed by atoms with van der Waals surface area (Å²) in [6.07, 6.45) is 0. The van der Waals surface area contributed by atoms with E-state index in [0.717, 1.165) is 11.3 Å². The molecule has 1 aromatic heterocycles. The molecule has 5 heteroatoms. The molecule has 21 heavy (non-hydrogen) atoms. The van der Waals surface area contributed by atoms with Crippen molar-refractivity contribution in [3.05, 3.63) is 52.2 Å². The number of carbonyl (C=O) groups excluding carboxylic acids is 1. The highest BCUT2D eigenvalue weighted by atomic mass is 35.5. The number of aromatic nitrogens is 1. The first-order valence-corrected chi connectivity index (χ1v) is 7.09. The van der Waals surface area contributed by atoms with Crippen molar-refractivity contribution < 1.29 is 4.79 Å². The number of nitrogens with two attached hydrogens (primary N) is 1. The molecular weight excluding hydrogens is 286 g/mol. The first kappa shape index (κ1) is 15.3. The molecule has 0 unspecified atom stereocenters. The van der Waals surface area contributed by atoms with E-state index in [1.165, 1.54) is 0 Å². The Labute approximate surface area is 129 Å². The van der Waals surface area contributed by atoms with Crippen molar-refractivity contribution >= 4 is 29.0 Å². The van der Waals surface area contributed by atoms with Crippen molar-refractivity contribution in [2.24, 2.45) is 0 Å². The zero-order chi connectivity index (χ0) is 15.6. The van der Waals surface area contributed by atoms with Gasteiger partial charge >= 0.3 is 0 Å². The summed E-state index contributed by atoms with van der Waals surface area (Å²) in [5.74, 6) is 0.280. The lowest BCUT2D eigenvalue weighted by molar-refractivity contribution is 0.102. The van der Waals surface area contributed by atoms with E-state index in [9.17, 15) is 4.79 Å². The maximum atomic E-state index is 12.4. The van der Waals surface area contributed by atoms with E-state index in [-0.39, 0.29) is 11.8 Å². The normalized spacial score (nSPS) is 10.7. The second kappa shape index (κ2) is 6.14. The largest absolute Gasteiger partial charge is 0.384 e. The van der Waals surface area contributed by atoms with Gasteiger partial charge in [-0.3, -0.25) is 4.79 Å². The molecule has 1 amide bonds. The highest BCUT2D eigenvalue weighted by molar-refractivity contribution is 6.34. The highest BCUT2D eigenvalue weighted by Gasteiger charge is 2.12. The lowest BCUT2D eigenvalue weighted by atomic mass is 10.1. The van der Waals surface area contributed by atoms with Crippen LogP contribution >= 0.6 is 11.6 Å². The standard InChI is InChI=1S/C16H18ClN3O/c1-9(2)13-7-11(8-15(18)19-13)16(21)20-14-6-10(3)4-5-12(14)17/h4-9H,1-3H3,(H2,18,19)(H,20,21). The maximum absolute atomic E-state index is 12.4. The van der Waals surface area contributed by atoms with Gasteiger partial charge in [-0.2, -0.15) is 0 Å². The molecule has 0 saturated heterocycles. The molecule has 110 valence electrons. The Kier molecular flexibility index (Phi) is 4.48. The molecule has 0 bridgehead atoms. The number of rotatable bonds is 3. The molecule has 4 nitrogen and oxygen atoms in total. The number of hydrogen-bond donors (Lipinski definition) is 2. The predicted molar refractivity (Wildman–Crippen MR) is 86.9 cm³/mol. The number of nitrogens with zero attached hydrogens (tertiary/aromatic N) is 1. The molecule has 0 spiro atoms. The van der Waals surface area contributed by atoms with Gasteiger partial charge in [-0.1, -0.05) is 31.5 Å². The van der Waals surface area contributed by atoms with Crippen molar-refractivity contribution in [3.63, 3.8) is 0 Å². The SMILES string of the molecule is Cc1ccc(Cl)c(NC(=O)c2cc(N)nc(C(C)C)c2)c1. The van der Waals surface area contributed by atoms with E-state index in [4.69, 9.17) is 17.3 Å². The van der Waals surface area contributed by atoms with Gasteiger partial charge in [-0.15, -0.1) is 0 Å². The third-order valence-corrected chi connectivity index (χ3v) is 3.42. The quantitative estimate of drug-likeness (QED) is 0.900. The highest BCUT2D eigenvalue weighted by Crippen LogP contribution is 2.24. The number of carbonyl (C=O) groups is 1. The molecule has 3 N–H and O–H groups in total. The summed E-state index contributed by atoms with van der Waals surface area (Å²) < 4.78 is 0. The molecule has 0 aliphatic carbocycles. The lowest BCUT2D eigenvalue weighted by Gasteiger charge is -2.11. The zero-order valence-electron chi connectivity index (χ0n) is 12.3. The number of aryl methyl sites for hydroxylation is 1. The zero-order valence-corrected chi connectivity index (χ0v) is 13.0. The van der Waals surface area contributed by atoms with Crippen LogP contribution in [0.3, 0.4) is 0 Å². The minimum absolute atomic E-state index is 0.197.